The van der Waals surface area contributed by atoms with Gasteiger partial charge >= 0.3 is 0 Å². The van der Waals surface area contributed by atoms with Gasteiger partial charge in [-0.25, -0.2) is 0 Å². The second kappa shape index (κ2) is 4.17. The summed E-state index contributed by atoms with van der Waals surface area (Å²) < 4.78 is 0. The van der Waals surface area contributed by atoms with Gasteiger partial charge < -0.3 is 0 Å². The minimum atomic E-state index is -0.0283. The van der Waals surface area contributed by atoms with Gasteiger partial charge in [-0.1, -0.05) is 12.0 Å². The molecule has 2 aliphatic rings. The molecular weight excluding hydrogens is 190 g/mol. The number of allylic oxidation sites excluding steroid dienone is 1. The number of nitrogens with zero attached hydrogens (tertiary/aromatic N) is 1. The number of likely N-dealkylation sites (tertiary alicyclic amines) is 1. The van der Waals surface area contributed by atoms with Crippen molar-refractivity contribution >= 4 is 11.8 Å². The Hall–Kier alpha value is -1.12. The molecule has 3 heteroatoms. The van der Waals surface area contributed by atoms with Gasteiger partial charge in [-0.05, 0) is 32.6 Å². The van der Waals surface area contributed by atoms with Crippen LogP contribution in [-0.4, -0.2) is 23.3 Å². The Labute approximate surface area is 90.1 Å². The molecule has 0 spiro atoms. The SMILES string of the molecule is CCN1C(=O)CC(=C2CCCCC2)C1=O. The summed E-state index contributed by atoms with van der Waals surface area (Å²) in [5.41, 5.74) is 2.05. The summed E-state index contributed by atoms with van der Waals surface area (Å²) in [6.45, 7) is 2.36. The molecule has 1 aliphatic heterocycles. The zero-order valence-electron chi connectivity index (χ0n) is 9.21. The predicted molar refractivity (Wildman–Crippen MR) is 57.1 cm³/mol. The van der Waals surface area contributed by atoms with Crippen molar-refractivity contribution in [3.8, 4) is 0 Å². The average molecular weight is 207 g/mol. The maximum absolute atomic E-state index is 11.9. The maximum Gasteiger partial charge on any atom is 0.256 e. The third-order valence-corrected chi connectivity index (χ3v) is 3.33. The number of amides is 2. The van der Waals surface area contributed by atoms with Gasteiger partial charge in [-0.15, -0.1) is 0 Å². The van der Waals surface area contributed by atoms with E-state index in [1.807, 2.05) is 6.92 Å². The van der Waals surface area contributed by atoms with Gasteiger partial charge in [-0.2, -0.15) is 0 Å². The fourth-order valence-electron chi connectivity index (χ4n) is 2.47. The van der Waals surface area contributed by atoms with E-state index in [2.05, 4.69) is 0 Å². The molecule has 0 atom stereocenters. The summed E-state index contributed by atoms with van der Waals surface area (Å²) in [6.07, 6.45) is 6.00. The molecule has 1 aliphatic carbocycles. The Balaban J connectivity index is 2.23. The highest BCUT2D eigenvalue weighted by molar-refractivity contribution is 6.13. The average Bonchev–Trinajstić information content (AvgIpc) is 2.55. The minimum Gasteiger partial charge on any atom is -0.279 e. The largest absolute Gasteiger partial charge is 0.279 e. The van der Waals surface area contributed by atoms with Crippen LogP contribution in [0.1, 0.15) is 45.4 Å². The Bertz CT molecular complexity index is 323. The number of carbonyl (C=O) groups excluding carboxylic acids is 2. The molecule has 15 heavy (non-hydrogen) atoms. The van der Waals surface area contributed by atoms with E-state index in [1.165, 1.54) is 29.7 Å². The summed E-state index contributed by atoms with van der Waals surface area (Å²) in [4.78, 5) is 24.8. The molecule has 2 rings (SSSR count). The van der Waals surface area contributed by atoms with E-state index in [0.29, 0.717) is 13.0 Å². The van der Waals surface area contributed by atoms with Gasteiger partial charge in [0.05, 0.1) is 6.42 Å². The molecular formula is C12H17NO2. The van der Waals surface area contributed by atoms with E-state index in [-0.39, 0.29) is 11.8 Å². The minimum absolute atomic E-state index is 0.0180. The lowest BCUT2D eigenvalue weighted by atomic mass is 9.90. The Kier molecular flexibility index (Phi) is 2.89. The maximum atomic E-state index is 11.9. The van der Waals surface area contributed by atoms with Crippen LogP contribution >= 0.6 is 0 Å². The molecule has 0 unspecified atom stereocenters. The van der Waals surface area contributed by atoms with E-state index in [9.17, 15) is 9.59 Å². The Morgan fingerprint density at radius 1 is 1.13 bits per heavy atom. The van der Waals surface area contributed by atoms with E-state index in [0.717, 1.165) is 18.4 Å². The number of rotatable bonds is 1. The molecule has 82 valence electrons. The first-order valence-corrected chi connectivity index (χ1v) is 5.79. The van der Waals surface area contributed by atoms with Crippen molar-refractivity contribution in [2.75, 3.05) is 6.54 Å². The quantitative estimate of drug-likeness (QED) is 0.487. The van der Waals surface area contributed by atoms with Crippen LogP contribution in [0.3, 0.4) is 0 Å². The summed E-state index contributed by atoms with van der Waals surface area (Å²) >= 11 is 0. The van der Waals surface area contributed by atoms with Crippen LogP contribution in [-0.2, 0) is 9.59 Å². The zero-order chi connectivity index (χ0) is 10.8. The van der Waals surface area contributed by atoms with Crippen LogP contribution < -0.4 is 0 Å². The second-order valence-corrected chi connectivity index (χ2v) is 4.26. The smallest absolute Gasteiger partial charge is 0.256 e. The lowest BCUT2D eigenvalue weighted by Crippen LogP contribution is -2.28. The number of carbonyl (C=O) groups is 2. The van der Waals surface area contributed by atoms with Crippen LogP contribution in [0.2, 0.25) is 0 Å². The van der Waals surface area contributed by atoms with Gasteiger partial charge in [-0.3, -0.25) is 14.5 Å². The molecule has 2 amide bonds. The van der Waals surface area contributed by atoms with E-state index < -0.39 is 0 Å². The first-order valence-electron chi connectivity index (χ1n) is 5.79. The van der Waals surface area contributed by atoms with Crippen molar-refractivity contribution in [3.05, 3.63) is 11.1 Å². The van der Waals surface area contributed by atoms with Crippen molar-refractivity contribution in [1.82, 2.24) is 4.90 Å². The fourth-order valence-corrected chi connectivity index (χ4v) is 2.47. The normalized spacial score (nSPS) is 22.9. The predicted octanol–water partition coefficient (Wildman–Crippen LogP) is 2.03. The van der Waals surface area contributed by atoms with Gasteiger partial charge in [0.25, 0.3) is 5.91 Å². The van der Waals surface area contributed by atoms with Crippen LogP contribution in [0.5, 0.6) is 0 Å². The summed E-state index contributed by atoms with van der Waals surface area (Å²) in [6, 6.07) is 0. The Morgan fingerprint density at radius 2 is 1.80 bits per heavy atom. The second-order valence-electron chi connectivity index (χ2n) is 4.26. The van der Waals surface area contributed by atoms with E-state index >= 15 is 0 Å². The highest BCUT2D eigenvalue weighted by Gasteiger charge is 2.34. The molecule has 0 aromatic heterocycles. The summed E-state index contributed by atoms with van der Waals surface area (Å²) in [5.74, 6) is -0.0463. The van der Waals surface area contributed by atoms with Crippen molar-refractivity contribution in [2.24, 2.45) is 0 Å². The van der Waals surface area contributed by atoms with Gasteiger partial charge in [0, 0.05) is 12.1 Å². The number of hydrogen-bond acceptors (Lipinski definition) is 2. The van der Waals surface area contributed by atoms with Gasteiger partial charge in [0.2, 0.25) is 5.91 Å². The van der Waals surface area contributed by atoms with Crippen LogP contribution in [0.15, 0.2) is 11.1 Å². The molecule has 0 aromatic rings. The lowest BCUT2D eigenvalue weighted by Gasteiger charge is -2.16. The van der Waals surface area contributed by atoms with Gasteiger partial charge in [0.15, 0.2) is 0 Å². The first-order chi connectivity index (χ1) is 7.24. The number of imide groups is 1. The van der Waals surface area contributed by atoms with E-state index in [4.69, 9.17) is 0 Å². The molecule has 2 fully saturated rings. The van der Waals surface area contributed by atoms with Crippen molar-refractivity contribution in [3.63, 3.8) is 0 Å². The highest BCUT2D eigenvalue weighted by Crippen LogP contribution is 2.31. The number of hydrogen-bond donors (Lipinski definition) is 0. The summed E-state index contributed by atoms with van der Waals surface area (Å²) in [5, 5.41) is 0. The third kappa shape index (κ3) is 1.83. The first kappa shape index (κ1) is 10.4. The number of likely N-dealkylation sites (N-methyl/N-ethyl adjacent to an activating group) is 1. The molecule has 1 heterocycles. The topological polar surface area (TPSA) is 37.4 Å². The van der Waals surface area contributed by atoms with Crippen LogP contribution in [0.25, 0.3) is 0 Å². The standard InChI is InChI=1S/C12H17NO2/c1-2-13-11(14)8-10(12(13)15)9-6-4-3-5-7-9/h2-8H2,1H3. The Morgan fingerprint density at radius 3 is 2.33 bits per heavy atom. The molecule has 1 saturated carbocycles. The fraction of sp³-hybridized carbons (Fsp3) is 0.667. The van der Waals surface area contributed by atoms with Crippen LogP contribution in [0.4, 0.5) is 0 Å². The molecule has 0 bridgehead atoms. The monoisotopic (exact) mass is 207 g/mol. The van der Waals surface area contributed by atoms with Crippen molar-refractivity contribution < 1.29 is 9.59 Å². The molecule has 0 N–H and O–H groups in total. The molecule has 3 nitrogen and oxygen atoms in total. The molecule has 1 saturated heterocycles. The van der Waals surface area contributed by atoms with Gasteiger partial charge in [0.1, 0.15) is 0 Å². The van der Waals surface area contributed by atoms with Crippen LogP contribution in [0, 0.1) is 0 Å². The molecule has 0 aromatic carbocycles. The highest BCUT2D eigenvalue weighted by atomic mass is 16.2. The van der Waals surface area contributed by atoms with Crippen molar-refractivity contribution in [1.29, 1.82) is 0 Å². The summed E-state index contributed by atoms with van der Waals surface area (Å²) in [7, 11) is 0. The lowest BCUT2D eigenvalue weighted by molar-refractivity contribution is -0.137. The zero-order valence-corrected chi connectivity index (χ0v) is 9.21. The van der Waals surface area contributed by atoms with Crippen molar-refractivity contribution in [2.45, 2.75) is 45.4 Å². The molecule has 0 radical (unpaired) electrons. The van der Waals surface area contributed by atoms with E-state index in [1.54, 1.807) is 0 Å². The third-order valence-electron chi connectivity index (χ3n) is 3.33.